The van der Waals surface area contributed by atoms with Gasteiger partial charge in [-0.3, -0.25) is 10.1 Å². The first-order chi connectivity index (χ1) is 14.1. The Morgan fingerprint density at radius 3 is 2.90 bits per heavy atom. The Kier molecular flexibility index (Phi) is 6.26. The lowest BCUT2D eigenvalue weighted by molar-refractivity contribution is -0.115. The highest BCUT2D eigenvalue weighted by Gasteiger charge is 2.06. The second kappa shape index (κ2) is 9.23. The Labute approximate surface area is 167 Å². The number of H-pyrrole nitrogens is 1. The number of aromatic amines is 1. The number of guanidine groups is 1. The van der Waals surface area contributed by atoms with Crippen molar-refractivity contribution in [1.29, 1.82) is 0 Å². The maximum Gasteiger partial charge on any atom is 0.250 e. The molecule has 4 N–H and O–H groups in total. The number of fused-ring (bicyclic) bond motifs is 1. The van der Waals surface area contributed by atoms with Crippen LogP contribution in [0.25, 0.3) is 17.1 Å². The molecule has 0 fully saturated rings. The molecule has 0 spiro atoms. The number of para-hydroxylation sites is 2. The normalized spacial score (nSPS) is 11.6. The molecule has 8 heteroatoms. The SMILES string of the molecule is C=CCOc1ccc(/C=C/C(=O)N/C(N)=N/c2nc3ccccc3[nH]2)cc1OC. The number of carbonyl (C=O) groups is 1. The van der Waals surface area contributed by atoms with Crippen LogP contribution in [-0.4, -0.2) is 35.6 Å². The zero-order chi connectivity index (χ0) is 20.6. The van der Waals surface area contributed by atoms with E-state index in [1.165, 1.54) is 6.08 Å². The average molecular weight is 391 g/mol. The summed E-state index contributed by atoms with van der Waals surface area (Å²) in [4.78, 5) is 23.5. The van der Waals surface area contributed by atoms with Crippen molar-refractivity contribution < 1.29 is 14.3 Å². The minimum absolute atomic E-state index is 0.0653. The molecule has 8 nitrogen and oxygen atoms in total. The number of ether oxygens (including phenoxy) is 2. The third-order valence-corrected chi connectivity index (χ3v) is 3.83. The molecular weight excluding hydrogens is 370 g/mol. The summed E-state index contributed by atoms with van der Waals surface area (Å²) in [6, 6.07) is 12.8. The van der Waals surface area contributed by atoms with Crippen molar-refractivity contribution in [2.45, 2.75) is 0 Å². The van der Waals surface area contributed by atoms with Crippen molar-refractivity contribution in [1.82, 2.24) is 15.3 Å². The molecule has 0 aliphatic rings. The van der Waals surface area contributed by atoms with E-state index in [-0.39, 0.29) is 5.96 Å². The molecule has 3 rings (SSSR count). The molecule has 0 aliphatic heterocycles. The number of carbonyl (C=O) groups excluding carboxylic acids is 1. The van der Waals surface area contributed by atoms with Crippen molar-refractivity contribution in [3.63, 3.8) is 0 Å². The topological polar surface area (TPSA) is 115 Å². The van der Waals surface area contributed by atoms with Crippen LogP contribution in [0.4, 0.5) is 5.95 Å². The highest BCUT2D eigenvalue weighted by atomic mass is 16.5. The lowest BCUT2D eigenvalue weighted by Crippen LogP contribution is -2.35. The third kappa shape index (κ3) is 5.23. The van der Waals surface area contributed by atoms with Crippen molar-refractivity contribution in [3.8, 4) is 11.5 Å². The van der Waals surface area contributed by atoms with Gasteiger partial charge in [0.1, 0.15) is 6.61 Å². The number of rotatable bonds is 7. The Morgan fingerprint density at radius 2 is 2.14 bits per heavy atom. The summed E-state index contributed by atoms with van der Waals surface area (Å²) >= 11 is 0. The lowest BCUT2D eigenvalue weighted by Gasteiger charge is -2.09. The van der Waals surface area contributed by atoms with Crippen LogP contribution in [0.1, 0.15) is 5.56 Å². The van der Waals surface area contributed by atoms with E-state index in [0.29, 0.717) is 24.1 Å². The number of aromatic nitrogens is 2. The molecule has 1 aromatic heterocycles. The van der Waals surface area contributed by atoms with Crippen LogP contribution in [0.5, 0.6) is 11.5 Å². The second-order valence-corrected chi connectivity index (χ2v) is 5.91. The summed E-state index contributed by atoms with van der Waals surface area (Å²) in [6.45, 7) is 3.98. The van der Waals surface area contributed by atoms with Crippen LogP contribution >= 0.6 is 0 Å². The number of benzene rings is 2. The van der Waals surface area contributed by atoms with Crippen molar-refractivity contribution in [3.05, 3.63) is 66.8 Å². The number of hydrogen-bond donors (Lipinski definition) is 3. The van der Waals surface area contributed by atoms with E-state index in [1.54, 1.807) is 37.5 Å². The van der Waals surface area contributed by atoms with E-state index in [2.05, 4.69) is 26.9 Å². The van der Waals surface area contributed by atoms with Gasteiger partial charge in [0, 0.05) is 6.08 Å². The van der Waals surface area contributed by atoms with E-state index in [1.807, 2.05) is 24.3 Å². The number of aliphatic imine (C=N–C) groups is 1. The van der Waals surface area contributed by atoms with Gasteiger partial charge in [-0.05, 0) is 35.9 Å². The van der Waals surface area contributed by atoms with Gasteiger partial charge in [-0.25, -0.2) is 4.98 Å². The zero-order valence-corrected chi connectivity index (χ0v) is 15.9. The number of amides is 1. The molecule has 0 unspecified atom stereocenters. The highest BCUT2D eigenvalue weighted by Crippen LogP contribution is 2.28. The molecule has 1 amide bonds. The molecule has 0 saturated heterocycles. The van der Waals surface area contributed by atoms with Gasteiger partial charge in [-0.1, -0.05) is 30.9 Å². The number of nitrogens with two attached hydrogens (primary N) is 1. The van der Waals surface area contributed by atoms with Crippen molar-refractivity contribution in [2.24, 2.45) is 10.7 Å². The standard InChI is InChI=1S/C21H21N5O3/c1-3-12-29-17-10-8-14(13-18(17)28-2)9-11-19(27)25-20(22)26-21-23-15-6-4-5-7-16(15)24-21/h3-11,13H,1,12H2,2H3,(H4,22,23,24,25,26,27)/b11-9+. The summed E-state index contributed by atoms with van der Waals surface area (Å²) in [7, 11) is 1.55. The molecule has 148 valence electrons. The van der Waals surface area contributed by atoms with E-state index in [9.17, 15) is 4.79 Å². The minimum atomic E-state index is -0.423. The monoisotopic (exact) mass is 391 g/mol. The van der Waals surface area contributed by atoms with Gasteiger partial charge in [0.15, 0.2) is 11.5 Å². The smallest absolute Gasteiger partial charge is 0.250 e. The maximum atomic E-state index is 12.1. The molecule has 3 aromatic rings. The summed E-state index contributed by atoms with van der Waals surface area (Å²) in [6.07, 6.45) is 4.62. The van der Waals surface area contributed by atoms with Crippen molar-refractivity contribution >= 4 is 34.9 Å². The Morgan fingerprint density at radius 1 is 1.31 bits per heavy atom. The Balaban J connectivity index is 1.64. The fourth-order valence-corrected chi connectivity index (χ4v) is 2.53. The van der Waals surface area contributed by atoms with Gasteiger partial charge in [0.05, 0.1) is 18.1 Å². The summed E-state index contributed by atoms with van der Waals surface area (Å²) in [5.74, 6) is 0.974. The van der Waals surface area contributed by atoms with Crippen LogP contribution < -0.4 is 20.5 Å². The van der Waals surface area contributed by atoms with E-state index in [0.717, 1.165) is 16.6 Å². The van der Waals surface area contributed by atoms with Gasteiger partial charge in [-0.15, -0.1) is 0 Å². The Bertz CT molecular complexity index is 1050. The first-order valence-corrected chi connectivity index (χ1v) is 8.78. The predicted octanol–water partition coefficient (Wildman–Crippen LogP) is 2.91. The molecule has 0 atom stereocenters. The molecule has 0 bridgehead atoms. The number of hydrogen-bond acceptors (Lipinski definition) is 5. The van der Waals surface area contributed by atoms with E-state index >= 15 is 0 Å². The van der Waals surface area contributed by atoms with Gasteiger partial charge >= 0.3 is 0 Å². The lowest BCUT2D eigenvalue weighted by atomic mass is 10.2. The molecular formula is C21H21N5O3. The number of nitrogens with one attached hydrogen (secondary N) is 2. The maximum absolute atomic E-state index is 12.1. The van der Waals surface area contributed by atoms with E-state index < -0.39 is 5.91 Å². The first kappa shape index (κ1) is 19.7. The third-order valence-electron chi connectivity index (χ3n) is 3.83. The van der Waals surface area contributed by atoms with E-state index in [4.69, 9.17) is 15.2 Å². The minimum Gasteiger partial charge on any atom is -0.493 e. The zero-order valence-electron chi connectivity index (χ0n) is 15.9. The Hall–Kier alpha value is -4.07. The van der Waals surface area contributed by atoms with Gasteiger partial charge in [0.2, 0.25) is 11.9 Å². The second-order valence-electron chi connectivity index (χ2n) is 5.91. The van der Waals surface area contributed by atoms with Gasteiger partial charge in [0.25, 0.3) is 5.91 Å². The van der Waals surface area contributed by atoms with Crippen LogP contribution in [0.2, 0.25) is 0 Å². The van der Waals surface area contributed by atoms with Gasteiger partial charge < -0.3 is 20.2 Å². The van der Waals surface area contributed by atoms with Gasteiger partial charge in [-0.2, -0.15) is 4.99 Å². The molecule has 29 heavy (non-hydrogen) atoms. The van der Waals surface area contributed by atoms with Crippen LogP contribution in [-0.2, 0) is 4.79 Å². The van der Waals surface area contributed by atoms with Crippen LogP contribution in [0.15, 0.2) is 66.2 Å². The predicted molar refractivity (Wildman–Crippen MR) is 113 cm³/mol. The summed E-state index contributed by atoms with van der Waals surface area (Å²) in [5, 5.41) is 2.49. The first-order valence-electron chi connectivity index (χ1n) is 8.78. The molecule has 0 aliphatic carbocycles. The van der Waals surface area contributed by atoms with Crippen LogP contribution in [0.3, 0.4) is 0 Å². The highest BCUT2D eigenvalue weighted by molar-refractivity contribution is 6.04. The summed E-state index contributed by atoms with van der Waals surface area (Å²) < 4.78 is 10.8. The quantitative estimate of drug-likeness (QED) is 0.248. The molecule has 0 radical (unpaired) electrons. The number of methoxy groups -OCH3 is 1. The summed E-state index contributed by atoms with van der Waals surface area (Å²) in [5.41, 5.74) is 8.15. The molecule has 0 saturated carbocycles. The molecule has 2 aromatic carbocycles. The van der Waals surface area contributed by atoms with Crippen LogP contribution in [0, 0.1) is 0 Å². The fourth-order valence-electron chi connectivity index (χ4n) is 2.53. The number of nitrogens with zero attached hydrogens (tertiary/aromatic N) is 2. The molecule has 1 heterocycles. The fraction of sp³-hybridized carbons (Fsp3) is 0.0952. The largest absolute Gasteiger partial charge is 0.493 e. The number of imidazole rings is 1. The average Bonchev–Trinajstić information content (AvgIpc) is 3.12. The van der Waals surface area contributed by atoms with Crippen molar-refractivity contribution in [2.75, 3.05) is 13.7 Å².